The fourth-order valence-electron chi connectivity index (χ4n) is 0.732. The van der Waals surface area contributed by atoms with Crippen molar-refractivity contribution in [3.8, 4) is 0 Å². The van der Waals surface area contributed by atoms with Crippen LogP contribution in [0.5, 0.6) is 0 Å². The summed E-state index contributed by atoms with van der Waals surface area (Å²) >= 11 is 0. The number of hydrogen-bond donors (Lipinski definition) is 4. The lowest BCUT2D eigenvalue weighted by molar-refractivity contribution is -1.36. The Kier molecular flexibility index (Phi) is 13.5. The molecule has 4 N–H and O–H groups in total. The van der Waals surface area contributed by atoms with Crippen LogP contribution in [-0.4, -0.2) is 87.1 Å². The Hall–Kier alpha value is -0.410. The molecule has 0 aliphatic heterocycles. The van der Waals surface area contributed by atoms with Gasteiger partial charge in [0.15, 0.2) is 7.05 Å². The summed E-state index contributed by atoms with van der Waals surface area (Å²) in [7, 11) is -1.85. The van der Waals surface area contributed by atoms with Crippen LogP contribution < -0.4 is 0 Å². The second-order valence-electron chi connectivity index (χ2n) is 3.04. The van der Waals surface area contributed by atoms with Crippen molar-refractivity contribution in [1.29, 1.82) is 0 Å². The lowest BCUT2D eigenvalue weighted by atomic mass is 10.8. The first kappa shape index (κ1) is 21.9. The van der Waals surface area contributed by atoms with Crippen LogP contribution in [0.2, 0.25) is 0 Å². The molecule has 11 nitrogen and oxygen atoms in total. The largest absolute Gasteiger partial charge is 0.397 e. The second kappa shape index (κ2) is 12.3. The molecule has 0 bridgehead atoms. The fourth-order valence-corrected chi connectivity index (χ4v) is 0.732. The molecule has 20 heavy (non-hydrogen) atoms. The lowest BCUT2D eigenvalue weighted by Crippen LogP contribution is -2.45. The summed E-state index contributed by atoms with van der Waals surface area (Å²) in [6.45, 7) is -0.398. The van der Waals surface area contributed by atoms with Crippen molar-refractivity contribution in [2.45, 2.75) is 0 Å². The molecule has 0 saturated carbocycles. The third-order valence-electron chi connectivity index (χ3n) is 1.46. The molecule has 0 fully saturated rings. The highest BCUT2D eigenvalue weighted by Crippen LogP contribution is 2.06. The zero-order valence-electron chi connectivity index (χ0n) is 11.3. The maximum absolute atomic E-state index is 9.33. The topological polar surface area (TPSA) is 152 Å². The van der Waals surface area contributed by atoms with Gasteiger partial charge in [0.05, 0.1) is 31.9 Å². The van der Waals surface area contributed by atoms with Gasteiger partial charge in [0.25, 0.3) is 0 Å². The van der Waals surface area contributed by atoms with Gasteiger partial charge in [0.1, 0.15) is 19.8 Å². The van der Waals surface area contributed by atoms with Crippen molar-refractivity contribution >= 4 is 10.4 Å². The van der Waals surface area contributed by atoms with E-state index in [0.717, 1.165) is 7.11 Å². The van der Waals surface area contributed by atoms with E-state index in [-0.39, 0.29) is 39.6 Å². The molecule has 0 atom stereocenters. The quantitative estimate of drug-likeness (QED) is 0.195. The molecule has 0 unspecified atom stereocenters. The number of rotatable bonds is 10. The Labute approximate surface area is 117 Å². The molecule has 124 valence electrons. The molecule has 0 heterocycles. The molecule has 0 aromatic heterocycles. The van der Waals surface area contributed by atoms with Gasteiger partial charge in [-0.2, -0.15) is 8.42 Å². The first-order valence-electron chi connectivity index (χ1n) is 5.40. The normalized spacial score (nSPS) is 11.9. The van der Waals surface area contributed by atoms with Crippen LogP contribution in [0.3, 0.4) is 0 Å². The van der Waals surface area contributed by atoms with E-state index in [0.29, 0.717) is 0 Å². The smallest absolute Gasteiger partial charge is 0.394 e. The van der Waals surface area contributed by atoms with Crippen LogP contribution in [-0.2, 0) is 29.1 Å². The van der Waals surface area contributed by atoms with Gasteiger partial charge in [-0.3, -0.25) is 8.74 Å². The van der Waals surface area contributed by atoms with Crippen LogP contribution in [0.15, 0.2) is 0 Å². The molecule has 0 amide bonds. The first-order valence-corrected chi connectivity index (χ1v) is 6.77. The zero-order chi connectivity index (χ0) is 16.1. The van der Waals surface area contributed by atoms with Crippen LogP contribution >= 0.6 is 0 Å². The SMILES string of the molecule is COS(=O)(=O)O.C[N+](OCCO)(OCCO)OCCO. The highest BCUT2D eigenvalue weighted by atomic mass is 32.3. The van der Waals surface area contributed by atoms with E-state index < -0.39 is 15.4 Å². The molecule has 0 aromatic rings. The zero-order valence-corrected chi connectivity index (χ0v) is 12.2. The average molecular weight is 324 g/mol. The van der Waals surface area contributed by atoms with Crippen molar-refractivity contribution in [2.24, 2.45) is 0 Å². The minimum atomic E-state index is -4.16. The summed E-state index contributed by atoms with van der Waals surface area (Å²) in [5.41, 5.74) is 0. The standard InChI is InChI=1S/C7H18NO6.CH4O4S/c1-8(12-5-2-9,13-6-3-10)14-7-4-11;1-5-6(2,3)4/h9-11H,2-7H2,1H3;1H3,(H,2,3,4)/q+1;. The van der Waals surface area contributed by atoms with Gasteiger partial charge in [0, 0.05) is 0 Å². The van der Waals surface area contributed by atoms with E-state index in [1.165, 1.54) is 7.05 Å². The molecule has 0 aromatic carbocycles. The maximum Gasteiger partial charge on any atom is 0.397 e. The maximum atomic E-state index is 9.33. The van der Waals surface area contributed by atoms with Crippen LogP contribution in [0, 0.1) is 0 Å². The average Bonchev–Trinajstić information content (AvgIpc) is 2.41. The van der Waals surface area contributed by atoms with Gasteiger partial charge in [0.2, 0.25) is 0 Å². The first-order chi connectivity index (χ1) is 9.24. The molecule has 0 spiro atoms. The van der Waals surface area contributed by atoms with E-state index in [2.05, 4.69) is 4.18 Å². The summed E-state index contributed by atoms with van der Waals surface area (Å²) in [5, 5.41) is 25.6. The monoisotopic (exact) mass is 324 g/mol. The van der Waals surface area contributed by atoms with Gasteiger partial charge in [-0.05, 0) is 0 Å². The number of aliphatic hydroxyl groups excluding tert-OH is 3. The Morgan fingerprint density at radius 1 is 0.900 bits per heavy atom. The third kappa shape index (κ3) is 15.6. The molecular weight excluding hydrogens is 302 g/mol. The predicted octanol–water partition coefficient (Wildman–Crippen LogP) is -2.36. The van der Waals surface area contributed by atoms with Gasteiger partial charge >= 0.3 is 10.4 Å². The van der Waals surface area contributed by atoms with Crippen LogP contribution in [0.1, 0.15) is 0 Å². The van der Waals surface area contributed by atoms with E-state index in [4.69, 9.17) is 34.4 Å². The van der Waals surface area contributed by atoms with E-state index >= 15 is 0 Å². The summed E-state index contributed by atoms with van der Waals surface area (Å²) in [6, 6.07) is 0. The van der Waals surface area contributed by atoms with Crippen molar-refractivity contribution in [3.63, 3.8) is 0 Å². The van der Waals surface area contributed by atoms with Gasteiger partial charge in [-0.15, -0.1) is 14.5 Å². The Balaban J connectivity index is 0. The molecule has 12 heteroatoms. The summed E-state index contributed by atoms with van der Waals surface area (Å²) in [4.78, 5) is 14.3. The molecule has 0 rings (SSSR count). The highest BCUT2D eigenvalue weighted by molar-refractivity contribution is 7.80. The predicted molar refractivity (Wildman–Crippen MR) is 63.9 cm³/mol. The summed E-state index contributed by atoms with van der Waals surface area (Å²) < 4.78 is 29.7. The van der Waals surface area contributed by atoms with Gasteiger partial charge < -0.3 is 15.3 Å². The number of quaternary nitrogens is 1. The molecule has 0 aliphatic carbocycles. The number of hydroxylamine groups is 3. The summed E-state index contributed by atoms with van der Waals surface area (Å²) in [6.07, 6.45) is 0. The van der Waals surface area contributed by atoms with Crippen molar-refractivity contribution < 1.29 is 52.0 Å². The van der Waals surface area contributed by atoms with Crippen LogP contribution in [0.25, 0.3) is 0 Å². The minimum Gasteiger partial charge on any atom is -0.394 e. The lowest BCUT2D eigenvalue weighted by Gasteiger charge is -2.24. The van der Waals surface area contributed by atoms with E-state index in [1.54, 1.807) is 0 Å². The Morgan fingerprint density at radius 3 is 1.30 bits per heavy atom. The van der Waals surface area contributed by atoms with E-state index in [9.17, 15) is 8.42 Å². The van der Waals surface area contributed by atoms with E-state index in [1.807, 2.05) is 0 Å². The second-order valence-corrected chi connectivity index (χ2v) is 4.23. The molecular formula is C8H22NO10S+. The molecule has 0 saturated heterocycles. The molecule has 0 radical (unpaired) electrons. The number of aliphatic hydroxyl groups is 3. The number of nitrogens with zero attached hydrogens (tertiary/aromatic N) is 1. The fraction of sp³-hybridized carbons (Fsp3) is 1.00. The van der Waals surface area contributed by atoms with Crippen molar-refractivity contribution in [1.82, 2.24) is 0 Å². The highest BCUT2D eigenvalue weighted by Gasteiger charge is 2.27. The summed E-state index contributed by atoms with van der Waals surface area (Å²) in [5.74, 6) is 0. The Morgan fingerprint density at radius 2 is 1.15 bits per heavy atom. The number of hydrogen-bond acceptors (Lipinski definition) is 9. The third-order valence-corrected chi connectivity index (χ3v) is 1.88. The molecule has 0 aliphatic rings. The van der Waals surface area contributed by atoms with Crippen molar-refractivity contribution in [3.05, 3.63) is 0 Å². The van der Waals surface area contributed by atoms with Gasteiger partial charge in [-0.25, -0.2) is 0 Å². The minimum absolute atomic E-state index is 0.0351. The van der Waals surface area contributed by atoms with Crippen LogP contribution in [0.4, 0.5) is 0 Å². The van der Waals surface area contributed by atoms with Crippen molar-refractivity contribution in [2.75, 3.05) is 53.8 Å². The Bertz CT molecular complexity index is 287. The van der Waals surface area contributed by atoms with Gasteiger partial charge in [-0.1, -0.05) is 0 Å².